The first-order chi connectivity index (χ1) is 17.7. The van der Waals surface area contributed by atoms with Gasteiger partial charge in [0.15, 0.2) is 5.78 Å². The van der Waals surface area contributed by atoms with Crippen molar-refractivity contribution in [3.05, 3.63) is 84.4 Å². The highest BCUT2D eigenvalue weighted by Gasteiger charge is 2.25. The van der Waals surface area contributed by atoms with Gasteiger partial charge in [0.05, 0.1) is 6.04 Å². The van der Waals surface area contributed by atoms with E-state index in [1.54, 1.807) is 12.1 Å². The molecule has 0 spiro atoms. The standard InChI is InChI=1S/C31H33NO5/c1-31(2,3)29(32-24-15-11-21(12-16-24)26(33)8-6-10-30(34)35)20-36-25-17-13-22(14-18-25)28-19-23-7-4-5-9-27(23)37-28/h4-5,7,9,11-19,29,32H,6,8,10,20H2,1-3H3,(H,34,35)/t29-/m1/s1. The first-order valence-electron chi connectivity index (χ1n) is 12.5. The van der Waals surface area contributed by atoms with Crippen LogP contribution >= 0.6 is 0 Å². The van der Waals surface area contributed by atoms with E-state index in [0.29, 0.717) is 18.6 Å². The molecule has 192 valence electrons. The van der Waals surface area contributed by atoms with Crippen LogP contribution < -0.4 is 10.1 Å². The van der Waals surface area contributed by atoms with Gasteiger partial charge in [0.25, 0.3) is 0 Å². The van der Waals surface area contributed by atoms with Gasteiger partial charge >= 0.3 is 5.97 Å². The predicted octanol–water partition coefficient (Wildman–Crippen LogP) is 7.44. The Hall–Kier alpha value is -4.06. The number of carbonyl (C=O) groups is 2. The summed E-state index contributed by atoms with van der Waals surface area (Å²) in [5.41, 5.74) is 3.26. The van der Waals surface area contributed by atoms with Crippen LogP contribution in [-0.4, -0.2) is 29.5 Å². The van der Waals surface area contributed by atoms with Crippen molar-refractivity contribution < 1.29 is 23.8 Å². The lowest BCUT2D eigenvalue weighted by molar-refractivity contribution is -0.137. The fraction of sp³-hybridized carbons (Fsp3) is 0.290. The molecule has 0 saturated heterocycles. The number of rotatable bonds is 11. The Bertz CT molecular complexity index is 1310. The lowest BCUT2D eigenvalue weighted by Gasteiger charge is -2.32. The summed E-state index contributed by atoms with van der Waals surface area (Å²) in [4.78, 5) is 23.0. The van der Waals surface area contributed by atoms with Gasteiger partial charge in [0, 0.05) is 35.0 Å². The quantitative estimate of drug-likeness (QED) is 0.208. The molecule has 6 heteroatoms. The van der Waals surface area contributed by atoms with Crippen LogP contribution in [0.15, 0.2) is 83.3 Å². The van der Waals surface area contributed by atoms with Crippen LogP contribution in [0.5, 0.6) is 5.75 Å². The number of para-hydroxylation sites is 1. The molecule has 3 aromatic carbocycles. The van der Waals surface area contributed by atoms with E-state index in [9.17, 15) is 9.59 Å². The Morgan fingerprint density at radius 2 is 1.65 bits per heavy atom. The van der Waals surface area contributed by atoms with Gasteiger partial charge in [0.2, 0.25) is 0 Å². The molecule has 0 radical (unpaired) electrons. The van der Waals surface area contributed by atoms with E-state index in [1.165, 1.54) is 0 Å². The second kappa shape index (κ2) is 11.3. The van der Waals surface area contributed by atoms with E-state index >= 15 is 0 Å². The Labute approximate surface area is 217 Å². The third-order valence-electron chi connectivity index (χ3n) is 6.37. The highest BCUT2D eigenvalue weighted by atomic mass is 16.5. The fourth-order valence-corrected chi connectivity index (χ4v) is 4.03. The van der Waals surface area contributed by atoms with Gasteiger partial charge in [0.1, 0.15) is 23.7 Å². The molecule has 37 heavy (non-hydrogen) atoms. The van der Waals surface area contributed by atoms with Crippen molar-refractivity contribution in [2.24, 2.45) is 5.41 Å². The largest absolute Gasteiger partial charge is 0.491 e. The van der Waals surface area contributed by atoms with Gasteiger partial charge in [-0.05, 0) is 72.5 Å². The molecule has 1 atom stereocenters. The number of ether oxygens (including phenoxy) is 1. The minimum atomic E-state index is -0.884. The molecule has 0 aliphatic heterocycles. The zero-order chi connectivity index (χ0) is 26.4. The Balaban J connectivity index is 1.36. The number of anilines is 1. The lowest BCUT2D eigenvalue weighted by Crippen LogP contribution is -2.39. The van der Waals surface area contributed by atoms with E-state index in [4.69, 9.17) is 14.3 Å². The summed E-state index contributed by atoms with van der Waals surface area (Å²) < 4.78 is 12.1. The number of hydrogen-bond donors (Lipinski definition) is 2. The molecular formula is C31H33NO5. The number of Topliss-reactive ketones (excluding diaryl/α,β-unsaturated/α-hetero) is 1. The van der Waals surface area contributed by atoms with E-state index < -0.39 is 5.97 Å². The Kier molecular flexibility index (Phi) is 7.97. The van der Waals surface area contributed by atoms with E-state index in [0.717, 1.165) is 33.7 Å². The van der Waals surface area contributed by atoms with E-state index in [-0.39, 0.29) is 30.1 Å². The third-order valence-corrected chi connectivity index (χ3v) is 6.37. The van der Waals surface area contributed by atoms with E-state index in [2.05, 4.69) is 26.1 Å². The summed E-state index contributed by atoms with van der Waals surface area (Å²) >= 11 is 0. The number of benzene rings is 3. The average Bonchev–Trinajstić information content (AvgIpc) is 3.30. The molecule has 0 saturated carbocycles. The predicted molar refractivity (Wildman–Crippen MR) is 146 cm³/mol. The molecule has 0 amide bonds. The SMILES string of the molecule is CC(C)(C)[C@@H](COc1ccc(-c2cc3ccccc3o2)cc1)Nc1ccc(C(=O)CCCC(=O)O)cc1. The summed E-state index contributed by atoms with van der Waals surface area (Å²) in [6, 6.07) is 25.2. The first kappa shape index (κ1) is 26.0. The van der Waals surface area contributed by atoms with Crippen LogP contribution in [0.25, 0.3) is 22.3 Å². The number of carboxylic acid groups (broad SMARTS) is 1. The van der Waals surface area contributed by atoms with Crippen LogP contribution in [-0.2, 0) is 4.79 Å². The highest BCUT2D eigenvalue weighted by Crippen LogP contribution is 2.30. The van der Waals surface area contributed by atoms with Crippen molar-refractivity contribution in [1.82, 2.24) is 0 Å². The molecule has 2 N–H and O–H groups in total. The molecule has 0 aliphatic carbocycles. The number of hydrogen-bond acceptors (Lipinski definition) is 5. The zero-order valence-electron chi connectivity index (χ0n) is 21.5. The summed E-state index contributed by atoms with van der Waals surface area (Å²) in [7, 11) is 0. The van der Waals surface area contributed by atoms with E-state index in [1.807, 2.05) is 66.7 Å². The van der Waals surface area contributed by atoms with Crippen LogP contribution in [0.1, 0.15) is 50.4 Å². The lowest BCUT2D eigenvalue weighted by atomic mass is 9.87. The topological polar surface area (TPSA) is 88.8 Å². The van der Waals surface area contributed by atoms with Gasteiger partial charge in [-0.2, -0.15) is 0 Å². The summed E-state index contributed by atoms with van der Waals surface area (Å²) in [6.07, 6.45) is 0.574. The molecule has 0 aliphatic rings. The maximum atomic E-state index is 12.3. The maximum absolute atomic E-state index is 12.3. The van der Waals surface area contributed by atoms with Crippen LogP contribution in [0, 0.1) is 5.41 Å². The van der Waals surface area contributed by atoms with Crippen molar-refractivity contribution in [1.29, 1.82) is 0 Å². The minimum Gasteiger partial charge on any atom is -0.491 e. The highest BCUT2D eigenvalue weighted by molar-refractivity contribution is 5.96. The van der Waals surface area contributed by atoms with Crippen LogP contribution in [0.3, 0.4) is 0 Å². The number of aliphatic carboxylic acids is 1. The maximum Gasteiger partial charge on any atom is 0.303 e. The minimum absolute atomic E-state index is 0.00126. The molecule has 0 fully saturated rings. The smallest absolute Gasteiger partial charge is 0.303 e. The van der Waals surface area contributed by atoms with Crippen molar-refractivity contribution >= 4 is 28.4 Å². The van der Waals surface area contributed by atoms with Crippen LogP contribution in [0.4, 0.5) is 5.69 Å². The third kappa shape index (κ3) is 7.00. The zero-order valence-corrected chi connectivity index (χ0v) is 21.5. The number of carboxylic acids is 1. The molecule has 6 nitrogen and oxygen atoms in total. The summed E-state index contributed by atoms with van der Waals surface area (Å²) in [5, 5.41) is 13.4. The monoisotopic (exact) mass is 499 g/mol. The average molecular weight is 500 g/mol. The second-order valence-electron chi connectivity index (χ2n) is 10.3. The number of fused-ring (bicyclic) bond motifs is 1. The second-order valence-corrected chi connectivity index (χ2v) is 10.3. The van der Waals surface area contributed by atoms with Crippen molar-refractivity contribution in [2.75, 3.05) is 11.9 Å². The summed E-state index contributed by atoms with van der Waals surface area (Å²) in [6.45, 7) is 6.92. The first-order valence-corrected chi connectivity index (χ1v) is 12.5. The van der Waals surface area contributed by atoms with Gasteiger partial charge in [-0.1, -0.05) is 39.0 Å². The molecule has 4 aromatic rings. The van der Waals surface area contributed by atoms with Gasteiger partial charge < -0.3 is 19.6 Å². The van der Waals surface area contributed by atoms with Crippen molar-refractivity contribution in [2.45, 2.75) is 46.1 Å². The molecule has 1 aromatic heterocycles. The number of furan rings is 1. The molecule has 4 rings (SSSR count). The molecular weight excluding hydrogens is 466 g/mol. The van der Waals surface area contributed by atoms with Gasteiger partial charge in [-0.3, -0.25) is 9.59 Å². The number of nitrogens with one attached hydrogen (secondary N) is 1. The van der Waals surface area contributed by atoms with Crippen molar-refractivity contribution in [3.8, 4) is 17.1 Å². The number of ketones is 1. The molecule has 0 bridgehead atoms. The summed E-state index contributed by atoms with van der Waals surface area (Å²) in [5.74, 6) is 0.670. The van der Waals surface area contributed by atoms with Gasteiger partial charge in [-0.15, -0.1) is 0 Å². The fourth-order valence-electron chi connectivity index (χ4n) is 4.03. The van der Waals surface area contributed by atoms with Crippen molar-refractivity contribution in [3.63, 3.8) is 0 Å². The molecule has 0 unspecified atom stereocenters. The van der Waals surface area contributed by atoms with Gasteiger partial charge in [-0.25, -0.2) is 0 Å². The normalized spacial score (nSPS) is 12.3. The molecule has 1 heterocycles. The number of carbonyl (C=O) groups excluding carboxylic acids is 1. The van der Waals surface area contributed by atoms with Crippen LogP contribution in [0.2, 0.25) is 0 Å². The Morgan fingerprint density at radius 3 is 2.30 bits per heavy atom. The Morgan fingerprint density at radius 1 is 0.946 bits per heavy atom.